The van der Waals surface area contributed by atoms with Gasteiger partial charge in [0.1, 0.15) is 0 Å². The Kier molecular flexibility index (Phi) is 3.62. The first-order chi connectivity index (χ1) is 9.83. The average Bonchev–Trinajstić information content (AvgIpc) is 3.21. The summed E-state index contributed by atoms with van der Waals surface area (Å²) in [5.41, 5.74) is 0.564. The molecule has 0 bridgehead atoms. The molecule has 0 radical (unpaired) electrons. The first kappa shape index (κ1) is 15.0. The van der Waals surface area contributed by atoms with E-state index in [9.17, 15) is 15.3 Å². The minimum atomic E-state index is -2.19. The Bertz CT molecular complexity index is 678. The molecule has 0 unspecified atom stereocenters. The molecular weight excluding hydrogens is 356 g/mol. The van der Waals surface area contributed by atoms with E-state index < -0.39 is 11.4 Å². The predicted molar refractivity (Wildman–Crippen MR) is 83.9 cm³/mol. The van der Waals surface area contributed by atoms with E-state index in [2.05, 4.69) is 15.9 Å². The van der Waals surface area contributed by atoms with Crippen molar-refractivity contribution in [3.63, 3.8) is 0 Å². The maximum atomic E-state index is 10.5. The minimum Gasteiger partial charge on any atom is -0.385 e. The second-order valence-corrected chi connectivity index (χ2v) is 6.73. The van der Waals surface area contributed by atoms with Crippen LogP contribution in [0.1, 0.15) is 29.5 Å². The number of aliphatic hydroxyl groups is 3. The van der Waals surface area contributed by atoms with Crippen molar-refractivity contribution in [3.8, 4) is 0 Å². The summed E-state index contributed by atoms with van der Waals surface area (Å²) in [6.45, 7) is 0. The van der Waals surface area contributed by atoms with E-state index in [1.54, 1.807) is 42.5 Å². The maximum Gasteiger partial charge on any atom is 0.218 e. The standard InChI is InChI=1S/C16H14BrClO3/c17-12-5-6-14(18)13(9-12)16(20,21)11-3-1-10(2-4-11)15(19)7-8-15/h1-6,9,19-21H,7-8H2. The first-order valence-electron chi connectivity index (χ1n) is 6.57. The van der Waals surface area contributed by atoms with Crippen LogP contribution < -0.4 is 0 Å². The summed E-state index contributed by atoms with van der Waals surface area (Å²) in [5, 5.41) is 31.2. The Morgan fingerprint density at radius 2 is 1.67 bits per heavy atom. The zero-order valence-corrected chi connectivity index (χ0v) is 13.4. The SMILES string of the molecule is OC1(c2ccc(C(O)(O)c3cc(Br)ccc3Cl)cc2)CC1. The average molecular weight is 370 g/mol. The van der Waals surface area contributed by atoms with Gasteiger partial charge < -0.3 is 15.3 Å². The van der Waals surface area contributed by atoms with Crippen LogP contribution in [0.4, 0.5) is 0 Å². The van der Waals surface area contributed by atoms with E-state index in [0.29, 0.717) is 10.0 Å². The second kappa shape index (κ2) is 5.07. The highest BCUT2D eigenvalue weighted by atomic mass is 79.9. The molecule has 2 aromatic rings. The number of halogens is 2. The van der Waals surface area contributed by atoms with Gasteiger partial charge in [-0.2, -0.15) is 0 Å². The van der Waals surface area contributed by atoms with Crippen molar-refractivity contribution >= 4 is 27.5 Å². The molecule has 1 saturated carbocycles. The monoisotopic (exact) mass is 368 g/mol. The third kappa shape index (κ3) is 2.74. The lowest BCUT2D eigenvalue weighted by Crippen LogP contribution is -2.27. The van der Waals surface area contributed by atoms with Gasteiger partial charge in [0.05, 0.1) is 5.60 Å². The summed E-state index contributed by atoms with van der Waals surface area (Å²) >= 11 is 9.36. The van der Waals surface area contributed by atoms with Crippen LogP contribution in [0.3, 0.4) is 0 Å². The molecule has 1 fully saturated rings. The van der Waals surface area contributed by atoms with Crippen molar-refractivity contribution < 1.29 is 15.3 Å². The van der Waals surface area contributed by atoms with E-state index in [0.717, 1.165) is 18.4 Å². The van der Waals surface area contributed by atoms with E-state index >= 15 is 0 Å². The van der Waals surface area contributed by atoms with E-state index in [-0.39, 0.29) is 10.6 Å². The third-order valence-electron chi connectivity index (χ3n) is 3.85. The minimum absolute atomic E-state index is 0.205. The van der Waals surface area contributed by atoms with Gasteiger partial charge in [-0.3, -0.25) is 0 Å². The van der Waals surface area contributed by atoms with Crippen LogP contribution >= 0.6 is 27.5 Å². The zero-order valence-electron chi connectivity index (χ0n) is 11.1. The molecule has 0 aliphatic heterocycles. The van der Waals surface area contributed by atoms with E-state index in [4.69, 9.17) is 11.6 Å². The molecule has 0 heterocycles. The van der Waals surface area contributed by atoms with Crippen molar-refractivity contribution in [2.24, 2.45) is 0 Å². The van der Waals surface area contributed by atoms with Gasteiger partial charge in [-0.1, -0.05) is 51.8 Å². The summed E-state index contributed by atoms with van der Waals surface area (Å²) in [4.78, 5) is 0. The van der Waals surface area contributed by atoms with Crippen molar-refractivity contribution in [3.05, 3.63) is 68.7 Å². The van der Waals surface area contributed by atoms with Gasteiger partial charge in [-0.25, -0.2) is 0 Å². The fourth-order valence-electron chi connectivity index (χ4n) is 2.34. The van der Waals surface area contributed by atoms with E-state index in [1.165, 1.54) is 0 Å². The Labute approximate surface area is 135 Å². The van der Waals surface area contributed by atoms with Crippen LogP contribution in [0.15, 0.2) is 46.9 Å². The quantitative estimate of drug-likeness (QED) is 0.728. The van der Waals surface area contributed by atoms with Gasteiger partial charge in [0.25, 0.3) is 0 Å². The normalized spacial score (nSPS) is 16.8. The van der Waals surface area contributed by atoms with Crippen LogP contribution in [-0.4, -0.2) is 15.3 Å². The van der Waals surface area contributed by atoms with Crippen LogP contribution in [0.2, 0.25) is 5.02 Å². The highest BCUT2D eigenvalue weighted by Gasteiger charge is 2.42. The largest absolute Gasteiger partial charge is 0.385 e. The van der Waals surface area contributed by atoms with Crippen LogP contribution in [0, 0.1) is 0 Å². The molecule has 110 valence electrons. The number of hydrogen-bond donors (Lipinski definition) is 3. The van der Waals surface area contributed by atoms with Crippen molar-refractivity contribution in [2.45, 2.75) is 24.2 Å². The van der Waals surface area contributed by atoms with Gasteiger partial charge in [0.2, 0.25) is 5.79 Å². The summed E-state index contributed by atoms with van der Waals surface area (Å²) in [7, 11) is 0. The Morgan fingerprint density at radius 1 is 1.05 bits per heavy atom. The second-order valence-electron chi connectivity index (χ2n) is 5.41. The lowest BCUT2D eigenvalue weighted by molar-refractivity contribution is -0.132. The fourth-order valence-corrected chi connectivity index (χ4v) is 2.95. The molecule has 3 nitrogen and oxygen atoms in total. The molecule has 0 aromatic heterocycles. The molecule has 0 atom stereocenters. The number of rotatable bonds is 3. The molecule has 5 heteroatoms. The van der Waals surface area contributed by atoms with Gasteiger partial charge in [-0.15, -0.1) is 0 Å². The van der Waals surface area contributed by atoms with Gasteiger partial charge in [0, 0.05) is 20.6 Å². The third-order valence-corrected chi connectivity index (χ3v) is 4.68. The number of hydrogen-bond acceptors (Lipinski definition) is 3. The lowest BCUT2D eigenvalue weighted by atomic mass is 9.95. The Hall–Kier alpha value is -0.910. The molecule has 1 aliphatic carbocycles. The molecule has 0 saturated heterocycles. The van der Waals surface area contributed by atoms with Gasteiger partial charge in [-0.05, 0) is 36.6 Å². The Balaban J connectivity index is 1.99. The molecule has 0 amide bonds. The molecule has 3 rings (SSSR count). The lowest BCUT2D eigenvalue weighted by Gasteiger charge is -2.24. The Morgan fingerprint density at radius 3 is 2.24 bits per heavy atom. The van der Waals surface area contributed by atoms with Crippen LogP contribution in [0.25, 0.3) is 0 Å². The van der Waals surface area contributed by atoms with Crippen molar-refractivity contribution in [2.75, 3.05) is 0 Å². The fraction of sp³-hybridized carbons (Fsp3) is 0.250. The van der Waals surface area contributed by atoms with Crippen molar-refractivity contribution in [1.82, 2.24) is 0 Å². The molecule has 3 N–H and O–H groups in total. The first-order valence-corrected chi connectivity index (χ1v) is 7.74. The highest BCUT2D eigenvalue weighted by Crippen LogP contribution is 2.45. The summed E-state index contributed by atoms with van der Waals surface area (Å²) in [6, 6.07) is 11.5. The van der Waals surface area contributed by atoms with Gasteiger partial charge >= 0.3 is 0 Å². The summed E-state index contributed by atoms with van der Waals surface area (Å²) in [6.07, 6.45) is 1.49. The van der Waals surface area contributed by atoms with Crippen molar-refractivity contribution in [1.29, 1.82) is 0 Å². The molecule has 2 aromatic carbocycles. The maximum absolute atomic E-state index is 10.5. The summed E-state index contributed by atoms with van der Waals surface area (Å²) < 4.78 is 0.707. The van der Waals surface area contributed by atoms with Crippen LogP contribution in [0.5, 0.6) is 0 Å². The molecule has 0 spiro atoms. The zero-order chi connectivity index (χ0) is 15.3. The van der Waals surface area contributed by atoms with E-state index in [1.807, 2.05) is 0 Å². The topological polar surface area (TPSA) is 60.7 Å². The smallest absolute Gasteiger partial charge is 0.218 e. The molecule has 21 heavy (non-hydrogen) atoms. The predicted octanol–water partition coefficient (Wildman–Crippen LogP) is 3.27. The summed E-state index contributed by atoms with van der Waals surface area (Å²) in [5.74, 6) is -2.19. The highest BCUT2D eigenvalue weighted by molar-refractivity contribution is 9.10. The molecular formula is C16H14BrClO3. The molecule has 1 aliphatic rings. The van der Waals surface area contributed by atoms with Crippen LogP contribution in [-0.2, 0) is 11.4 Å². The number of benzene rings is 2. The van der Waals surface area contributed by atoms with Gasteiger partial charge in [0.15, 0.2) is 0 Å².